The fourth-order valence-corrected chi connectivity index (χ4v) is 6.89. The predicted molar refractivity (Wildman–Crippen MR) is 183 cm³/mol. The van der Waals surface area contributed by atoms with E-state index in [1.54, 1.807) is 4.73 Å². The molecule has 0 spiro atoms. The molecule has 0 saturated heterocycles. The van der Waals surface area contributed by atoms with Crippen LogP contribution in [-0.2, 0) is 0 Å². The summed E-state index contributed by atoms with van der Waals surface area (Å²) in [4.78, 5) is 6.58. The van der Waals surface area contributed by atoms with E-state index in [1.165, 1.54) is 5.39 Å². The van der Waals surface area contributed by atoms with Crippen LogP contribution < -0.4 is 31.4 Å². The lowest BCUT2D eigenvalue weighted by Gasteiger charge is -2.44. The van der Waals surface area contributed by atoms with Gasteiger partial charge >= 0.3 is 0 Å². The molecule has 2 nitrogen and oxygen atoms in total. The zero-order chi connectivity index (χ0) is 46.7. The van der Waals surface area contributed by atoms with Crippen molar-refractivity contribution in [2.24, 2.45) is 0 Å². The second-order valence-electron chi connectivity index (χ2n) is 12.8. The van der Waals surface area contributed by atoms with Gasteiger partial charge in [-0.3, -0.25) is 0 Å². The normalized spacial score (nSPS) is 11.6. The number of hydrogen-bond acceptors (Lipinski definition) is 2. The maximum absolute atomic E-state index is 15.4. The predicted octanol–water partition coefficient (Wildman–Crippen LogP) is 9.10. The maximum atomic E-state index is 15.4. The van der Waals surface area contributed by atoms with Crippen molar-refractivity contribution in [2.75, 3.05) is 0 Å². The topological polar surface area (TPSA) is 13.1 Å². The molecule has 0 aliphatic heterocycles. The summed E-state index contributed by atoms with van der Waals surface area (Å²) in [6.07, 6.45) is -3.37. The Labute approximate surface area is 342 Å². The number of thiol groups is 1. The molecule has 328 valence electrons. The monoisotopic (exact) mass is 933 g/mol. The number of halogens is 20. The van der Waals surface area contributed by atoms with Gasteiger partial charge in [-0.15, -0.1) is 34.5 Å². The number of pyridine rings is 1. The second kappa shape index (κ2) is 17.0. The highest BCUT2D eigenvalue weighted by molar-refractivity contribution is 7.80. The number of benzene rings is 6. The van der Waals surface area contributed by atoms with Crippen LogP contribution in [0.25, 0.3) is 10.8 Å². The van der Waals surface area contributed by atoms with Gasteiger partial charge in [-0.25, -0.2) is 92.6 Å². The summed E-state index contributed by atoms with van der Waals surface area (Å²) in [6.45, 7) is 0. The van der Waals surface area contributed by atoms with Crippen LogP contribution in [0.15, 0.2) is 71.9 Å². The lowest BCUT2D eigenvalue weighted by molar-refractivity contribution is -0.874. The Morgan fingerprint density at radius 1 is 0.333 bits per heavy atom. The van der Waals surface area contributed by atoms with Crippen molar-refractivity contribution in [1.29, 1.82) is 0 Å². The summed E-state index contributed by atoms with van der Waals surface area (Å²) in [7, 11) is 0. The molecule has 24 heteroatoms. The molecule has 0 atom stereocenters. The Morgan fingerprint density at radius 3 is 0.921 bits per heavy atom. The number of nitrogens with zero attached hydrogens (tertiary/aromatic N) is 1. The van der Waals surface area contributed by atoms with E-state index >= 15 is 35.1 Å². The quantitative estimate of drug-likeness (QED) is 0.0439. The van der Waals surface area contributed by atoms with Crippen LogP contribution in [0.1, 0.15) is 0 Å². The minimum Gasteiger partial charge on any atom is -0.230 e. The molecule has 0 saturated carbocycles. The van der Waals surface area contributed by atoms with Gasteiger partial charge in [0.15, 0.2) is 69.8 Å². The molecule has 7 rings (SSSR count). The Hall–Kier alpha value is -6.46. The Morgan fingerprint density at radius 2 is 0.603 bits per heavy atom. The largest absolute Gasteiger partial charge is 0.230 e. The van der Waals surface area contributed by atoms with E-state index in [4.69, 9.17) is 4.84 Å². The lowest BCUT2D eigenvalue weighted by Crippen LogP contribution is -2.81. The first-order chi connectivity index (χ1) is 29.5. The summed E-state index contributed by atoms with van der Waals surface area (Å²) in [5.41, 5.74) is -14.3. The molecule has 63 heavy (non-hydrogen) atoms. The number of para-hydroxylation sites is 1. The number of fused-ring (bicyclic) bond motifs is 1. The fourth-order valence-electron chi connectivity index (χ4n) is 6.69. The number of rotatable bonds is 6. The summed E-state index contributed by atoms with van der Waals surface area (Å²) < 4.78 is 296. The average Bonchev–Trinajstić information content (AvgIpc) is 3.27. The first-order valence-corrected chi connectivity index (χ1v) is 17.1. The van der Waals surface area contributed by atoms with Gasteiger partial charge in [0.2, 0.25) is 18.1 Å². The standard InChI is InChI=1S/C24BF20.C15H11NOS/c26-5-1(6(27)14(35)21(42)13(5)34)25(2-7(28)15(36)22(43)16(37)8(2)29,3-9(30)17(38)23(44)18(39)10(3)31)4-11(32)19(40)24(45)20(41)12(4)33;18-15-8-4-3-7-14(15)17-16-10-9-12-5-1-2-6-13(12)11-16/h;1-11H/q-1;/p+1. The van der Waals surface area contributed by atoms with Crippen molar-refractivity contribution >= 4 is 51.4 Å². The highest BCUT2D eigenvalue weighted by atomic mass is 32.1. The van der Waals surface area contributed by atoms with E-state index in [0.717, 1.165) is 16.0 Å². The van der Waals surface area contributed by atoms with Crippen LogP contribution >= 0.6 is 12.6 Å². The molecule has 1 aromatic heterocycles. The van der Waals surface area contributed by atoms with Crippen molar-refractivity contribution in [3.8, 4) is 5.75 Å². The van der Waals surface area contributed by atoms with Crippen LogP contribution in [0.5, 0.6) is 5.75 Å². The molecule has 0 radical (unpaired) electrons. The van der Waals surface area contributed by atoms with Gasteiger partial charge in [0.25, 0.3) is 0 Å². The molecule has 0 fully saturated rings. The van der Waals surface area contributed by atoms with Crippen LogP contribution in [0.3, 0.4) is 0 Å². The van der Waals surface area contributed by atoms with E-state index in [0.29, 0.717) is 0 Å². The molecule has 6 aromatic carbocycles. The van der Waals surface area contributed by atoms with E-state index in [-0.39, 0.29) is 0 Å². The van der Waals surface area contributed by atoms with E-state index in [9.17, 15) is 52.7 Å². The van der Waals surface area contributed by atoms with Gasteiger partial charge in [0, 0.05) is 10.8 Å². The van der Waals surface area contributed by atoms with E-state index in [2.05, 4.69) is 24.8 Å². The third kappa shape index (κ3) is 7.22. The smallest absolute Gasteiger partial charge is 0.230 e. The molecule has 7 aromatic rings. The maximum Gasteiger partial charge on any atom is 0.230 e. The minimum absolute atomic E-state index is 0.737. The van der Waals surface area contributed by atoms with Crippen molar-refractivity contribution in [3.05, 3.63) is 183 Å². The van der Waals surface area contributed by atoms with Crippen LogP contribution in [0, 0.1) is 116 Å². The highest BCUT2D eigenvalue weighted by Crippen LogP contribution is 2.31. The van der Waals surface area contributed by atoms with Gasteiger partial charge in [-0.2, -0.15) is 0 Å². The van der Waals surface area contributed by atoms with Crippen LogP contribution in [0.4, 0.5) is 87.8 Å². The summed E-state index contributed by atoms with van der Waals surface area (Å²) in [6, 6.07) is 17.8. The van der Waals surface area contributed by atoms with Crippen molar-refractivity contribution < 1.29 is 97.4 Å². The Kier molecular flexibility index (Phi) is 12.4. The number of hydrogen-bond donors (Lipinski definition) is 1. The van der Waals surface area contributed by atoms with Crippen LogP contribution in [0.2, 0.25) is 0 Å². The summed E-state index contributed by atoms with van der Waals surface area (Å²) in [5.74, 6) is -70.7. The highest BCUT2D eigenvalue weighted by Gasteiger charge is 2.52. The minimum atomic E-state index is -7.22. The van der Waals surface area contributed by atoms with Gasteiger partial charge in [0.05, 0.1) is 10.3 Å². The molecular weight excluding hydrogens is 921 g/mol. The van der Waals surface area contributed by atoms with Gasteiger partial charge < -0.3 is 0 Å². The lowest BCUT2D eigenvalue weighted by atomic mass is 9.12. The first-order valence-electron chi connectivity index (χ1n) is 16.6. The Balaban J connectivity index is 0.000000302. The molecule has 0 N–H and O–H groups in total. The summed E-state index contributed by atoms with van der Waals surface area (Å²) >= 11 is 4.36. The molecule has 0 unspecified atom stereocenters. The molecule has 1 heterocycles. The van der Waals surface area contributed by atoms with Crippen molar-refractivity contribution in [2.45, 2.75) is 4.90 Å². The van der Waals surface area contributed by atoms with Gasteiger partial charge in [0.1, 0.15) is 52.7 Å². The van der Waals surface area contributed by atoms with Crippen LogP contribution in [-0.4, -0.2) is 6.15 Å². The molecule has 0 bridgehead atoms. The first kappa shape index (κ1) is 46.1. The molecular formula is C39H12BF20NOS. The SMILES string of the molecule is Fc1c(F)c(F)c([B-](c2c(F)c(F)c(F)c(F)c2F)(c2c(F)c(F)c(F)c(F)c2F)c2c(F)c(F)c(F)c(F)c2F)c(F)c1F.Sc1ccccc1O[n+]1ccc2ccccc2c1. The Bertz CT molecular complexity index is 2640. The van der Waals surface area contributed by atoms with E-state index in [1.807, 2.05) is 54.9 Å². The van der Waals surface area contributed by atoms with Gasteiger partial charge in [-0.05, 0) is 23.6 Å². The zero-order valence-corrected chi connectivity index (χ0v) is 30.7. The summed E-state index contributed by atoms with van der Waals surface area (Å²) in [5, 5.41) is 2.33. The van der Waals surface area contributed by atoms with E-state index < -0.39 is 144 Å². The van der Waals surface area contributed by atoms with Crippen molar-refractivity contribution in [1.82, 2.24) is 0 Å². The van der Waals surface area contributed by atoms with Crippen molar-refractivity contribution in [3.63, 3.8) is 0 Å². The second-order valence-corrected chi connectivity index (χ2v) is 13.3. The average molecular weight is 933 g/mol. The zero-order valence-electron chi connectivity index (χ0n) is 29.8. The third-order valence-corrected chi connectivity index (χ3v) is 9.81. The molecule has 0 amide bonds. The fraction of sp³-hybridized carbons (Fsp3) is 0. The molecule has 0 aliphatic rings. The molecule has 0 aliphatic carbocycles. The number of aromatic nitrogens is 1. The van der Waals surface area contributed by atoms with Gasteiger partial charge in [-0.1, -0.05) is 30.3 Å². The third-order valence-electron chi connectivity index (χ3n) is 9.44.